The molecule has 11 nitrogen and oxygen atoms in total. The van der Waals surface area contributed by atoms with Crippen molar-refractivity contribution in [3.05, 3.63) is 57.5 Å². The molecule has 0 bridgehead atoms. The maximum atomic E-state index is 12.3. The van der Waals surface area contributed by atoms with E-state index < -0.39 is 29.4 Å². The van der Waals surface area contributed by atoms with Crippen LogP contribution in [0.25, 0.3) is 11.0 Å². The van der Waals surface area contributed by atoms with Crippen LogP contribution in [0.4, 0.5) is 5.95 Å². The van der Waals surface area contributed by atoms with Gasteiger partial charge in [0, 0.05) is 18.2 Å². The van der Waals surface area contributed by atoms with Crippen LogP contribution in [0.1, 0.15) is 34.3 Å². The van der Waals surface area contributed by atoms with E-state index in [4.69, 9.17) is 15.9 Å². The second-order valence-electron chi connectivity index (χ2n) is 6.98. The van der Waals surface area contributed by atoms with E-state index in [9.17, 15) is 19.2 Å². The molecule has 0 aliphatic rings. The number of carbonyl (C=O) groups excluding carboxylic acids is 1. The normalized spacial score (nSPS) is 10.8. The van der Waals surface area contributed by atoms with E-state index in [2.05, 4.69) is 20.3 Å². The first kappa shape index (κ1) is 32.8. The number of anilines is 1. The van der Waals surface area contributed by atoms with Gasteiger partial charge < -0.3 is 31.2 Å². The topological polar surface area (TPSA) is 191 Å². The van der Waals surface area contributed by atoms with Crippen molar-refractivity contribution in [1.29, 1.82) is 0 Å². The molecular formula is C20H24N5Na3O6. The third kappa shape index (κ3) is 8.81. The van der Waals surface area contributed by atoms with Crippen LogP contribution < -0.4 is 16.6 Å². The number of amides is 1. The van der Waals surface area contributed by atoms with Gasteiger partial charge in [0.05, 0.1) is 5.39 Å². The van der Waals surface area contributed by atoms with Crippen molar-refractivity contribution in [2.45, 2.75) is 31.7 Å². The fourth-order valence-electron chi connectivity index (χ4n) is 3.19. The molecule has 3 rings (SSSR count). The zero-order valence-electron chi connectivity index (χ0n) is 16.3. The summed E-state index contributed by atoms with van der Waals surface area (Å²) >= 11 is 0. The molecule has 14 heteroatoms. The summed E-state index contributed by atoms with van der Waals surface area (Å²) in [5.74, 6) is -3.00. The van der Waals surface area contributed by atoms with Gasteiger partial charge >= 0.3 is 101 Å². The van der Waals surface area contributed by atoms with Crippen LogP contribution in [-0.4, -0.2) is 138 Å². The van der Waals surface area contributed by atoms with Crippen LogP contribution >= 0.6 is 0 Å². The zero-order valence-corrected chi connectivity index (χ0v) is 16.3. The number of hydrogen-bond acceptors (Lipinski definition) is 6. The number of carbonyl (C=O) groups is 3. The van der Waals surface area contributed by atoms with E-state index in [1.54, 1.807) is 30.5 Å². The molecule has 34 heavy (non-hydrogen) atoms. The van der Waals surface area contributed by atoms with Gasteiger partial charge in [0.15, 0.2) is 0 Å². The number of carboxylic acid groups (broad SMARTS) is 2. The summed E-state index contributed by atoms with van der Waals surface area (Å²) in [5.41, 5.74) is 7.59. The molecule has 3 aromatic rings. The second kappa shape index (κ2) is 15.1. The van der Waals surface area contributed by atoms with Gasteiger partial charge in [-0.2, -0.15) is 4.98 Å². The van der Waals surface area contributed by atoms with E-state index in [1.807, 2.05) is 0 Å². The van der Waals surface area contributed by atoms with Crippen molar-refractivity contribution in [1.82, 2.24) is 20.3 Å². The predicted molar refractivity (Wildman–Crippen MR) is 132 cm³/mol. The van der Waals surface area contributed by atoms with Crippen LogP contribution in [-0.2, 0) is 22.4 Å². The Morgan fingerprint density at radius 1 is 1.06 bits per heavy atom. The Morgan fingerprint density at radius 2 is 1.71 bits per heavy atom. The van der Waals surface area contributed by atoms with Crippen molar-refractivity contribution in [3.63, 3.8) is 0 Å². The summed E-state index contributed by atoms with van der Waals surface area (Å²) in [4.78, 5) is 55.7. The number of nitrogens with zero attached hydrogens (tertiary/aromatic N) is 1. The average Bonchev–Trinajstić information content (AvgIpc) is 3.12. The number of hydrogen-bond donors (Lipinski definition) is 6. The van der Waals surface area contributed by atoms with Gasteiger partial charge in [0.2, 0.25) is 5.95 Å². The number of aromatic amines is 2. The molecule has 0 saturated carbocycles. The first-order valence-corrected chi connectivity index (χ1v) is 9.44. The molecule has 0 radical (unpaired) electrons. The van der Waals surface area contributed by atoms with E-state index in [0.717, 1.165) is 11.1 Å². The number of nitrogens with two attached hydrogens (primary N) is 1. The molecule has 1 amide bonds. The van der Waals surface area contributed by atoms with Gasteiger partial charge in [-0.25, -0.2) is 4.79 Å². The molecule has 2 aromatic heterocycles. The van der Waals surface area contributed by atoms with E-state index in [1.165, 1.54) is 0 Å². The maximum absolute atomic E-state index is 12.3. The minimum absolute atomic E-state index is 0. The molecule has 0 spiro atoms. The number of benzene rings is 1. The van der Waals surface area contributed by atoms with Crippen LogP contribution in [0.3, 0.4) is 0 Å². The van der Waals surface area contributed by atoms with Crippen LogP contribution in [0.5, 0.6) is 0 Å². The zero-order chi connectivity index (χ0) is 22.5. The van der Waals surface area contributed by atoms with Crippen LogP contribution in [0.15, 0.2) is 35.3 Å². The Morgan fingerprint density at radius 3 is 2.29 bits per heavy atom. The molecule has 0 fully saturated rings. The number of nitrogens with one attached hydrogen (secondary N) is 3. The number of nitrogen functional groups attached to an aromatic ring is 1. The van der Waals surface area contributed by atoms with Crippen molar-refractivity contribution in [2.75, 3.05) is 5.73 Å². The molecule has 0 aliphatic heterocycles. The summed E-state index contributed by atoms with van der Waals surface area (Å²) in [7, 11) is 0. The van der Waals surface area contributed by atoms with Gasteiger partial charge in [0.1, 0.15) is 11.7 Å². The van der Waals surface area contributed by atoms with E-state index >= 15 is 0 Å². The third-order valence-electron chi connectivity index (χ3n) is 4.80. The van der Waals surface area contributed by atoms with Crippen molar-refractivity contribution >= 4 is 123 Å². The SMILES string of the molecule is Nc1nc(=O)c2c(CCc3ccc(C(=O)N[C@@H](CCC(=O)O)C(=O)O)cc3)c[nH]c2[nH]1.[NaH].[NaH].[NaH]. The summed E-state index contributed by atoms with van der Waals surface area (Å²) in [6.07, 6.45) is 2.29. The van der Waals surface area contributed by atoms with Gasteiger partial charge in [-0.3, -0.25) is 14.4 Å². The van der Waals surface area contributed by atoms with Crippen LogP contribution in [0.2, 0.25) is 0 Å². The fourth-order valence-corrected chi connectivity index (χ4v) is 3.19. The first-order chi connectivity index (χ1) is 14.7. The monoisotopic (exact) mass is 499 g/mol. The summed E-state index contributed by atoms with van der Waals surface area (Å²) in [5, 5.41) is 20.6. The van der Waals surface area contributed by atoms with Crippen molar-refractivity contribution in [2.24, 2.45) is 0 Å². The number of aromatic nitrogens is 3. The van der Waals surface area contributed by atoms with E-state index in [0.29, 0.717) is 23.9 Å². The predicted octanol–water partition coefficient (Wildman–Crippen LogP) is -1.28. The molecular weight excluding hydrogens is 475 g/mol. The molecule has 0 saturated heterocycles. The van der Waals surface area contributed by atoms with Gasteiger partial charge in [0.25, 0.3) is 11.5 Å². The number of aliphatic carboxylic acids is 2. The number of rotatable bonds is 9. The first-order valence-electron chi connectivity index (χ1n) is 9.44. The molecule has 0 unspecified atom stereocenters. The van der Waals surface area contributed by atoms with Gasteiger partial charge in [-0.15, -0.1) is 0 Å². The number of carboxylic acids is 2. The van der Waals surface area contributed by atoms with Crippen LogP contribution in [0, 0.1) is 0 Å². The Labute approximate surface area is 260 Å². The summed E-state index contributed by atoms with van der Waals surface area (Å²) < 4.78 is 0. The fraction of sp³-hybridized carbons (Fsp3) is 0.250. The molecule has 0 aliphatic carbocycles. The average molecular weight is 499 g/mol. The molecule has 7 N–H and O–H groups in total. The minimum atomic E-state index is -1.30. The van der Waals surface area contributed by atoms with Crippen molar-refractivity contribution in [3.8, 4) is 0 Å². The van der Waals surface area contributed by atoms with E-state index in [-0.39, 0.29) is 113 Å². The molecule has 1 atom stereocenters. The molecule has 1 aromatic carbocycles. The third-order valence-corrected chi connectivity index (χ3v) is 4.80. The Bertz CT molecular complexity index is 1200. The standard InChI is InChI=1S/C20H21N5O6.3Na.3H/c21-20-24-16-15(18(29)25-20)12(9-22-16)6-3-10-1-4-11(5-2-10)17(28)23-13(19(30)31)7-8-14(26)27;;;;;;/h1-2,4-5,9,13H,3,6-8H2,(H,23,28)(H,26,27)(H,30,31)(H4,21,22,24,25,29);;;;;;/t13-;;;;;;/m0....../s1. The van der Waals surface area contributed by atoms with Crippen molar-refractivity contribution < 1.29 is 24.6 Å². The second-order valence-corrected chi connectivity index (χ2v) is 6.98. The Balaban J connectivity index is 0.00000363. The molecule has 168 valence electrons. The summed E-state index contributed by atoms with van der Waals surface area (Å²) in [6, 6.07) is 5.30. The molecule has 2 heterocycles. The Kier molecular flexibility index (Phi) is 14.6. The summed E-state index contributed by atoms with van der Waals surface area (Å²) in [6.45, 7) is 0. The number of fused-ring (bicyclic) bond motifs is 1. The Hall–Kier alpha value is -1.15. The quantitative estimate of drug-likeness (QED) is 0.196. The number of H-pyrrole nitrogens is 2. The van der Waals surface area contributed by atoms with Gasteiger partial charge in [-0.05, 0) is 42.5 Å². The number of aryl methyl sites for hydroxylation is 2. The van der Waals surface area contributed by atoms with Gasteiger partial charge in [-0.1, -0.05) is 12.1 Å².